The Kier molecular flexibility index (Phi) is 6.45. The fourth-order valence-corrected chi connectivity index (χ4v) is 3.68. The predicted molar refractivity (Wildman–Crippen MR) is 110 cm³/mol. The monoisotopic (exact) mass is 460 g/mol. The molecule has 8 heteroatoms. The van der Waals surface area contributed by atoms with Gasteiger partial charge in [0.1, 0.15) is 0 Å². The van der Waals surface area contributed by atoms with Crippen LogP contribution in [0.2, 0.25) is 0 Å². The van der Waals surface area contributed by atoms with Gasteiger partial charge in [-0.25, -0.2) is 13.9 Å². The van der Waals surface area contributed by atoms with Crippen LogP contribution in [0.5, 0.6) is 0 Å². The Balaban J connectivity index is 1.64. The van der Waals surface area contributed by atoms with Gasteiger partial charge < -0.3 is 0 Å². The second kappa shape index (κ2) is 9.01. The normalized spacial score (nSPS) is 11.0. The number of amides is 1. The molecule has 0 aromatic heterocycles. The molecule has 1 amide bonds. The average Bonchev–Trinajstić information content (AvgIpc) is 2.69. The molecule has 0 aliphatic rings. The van der Waals surface area contributed by atoms with Crippen molar-refractivity contribution in [3.63, 3.8) is 0 Å². The molecule has 0 radical (unpaired) electrons. The smallest absolute Gasteiger partial charge is 0.274 e. The number of sulfonamides is 1. The van der Waals surface area contributed by atoms with E-state index in [1.165, 1.54) is 18.2 Å². The fraction of sp³-hybridized carbons (Fsp3) is 0.0500. The minimum atomic E-state index is -3.76. The van der Waals surface area contributed by atoms with Gasteiger partial charge in [0.15, 0.2) is 0 Å². The summed E-state index contributed by atoms with van der Waals surface area (Å²) < 4.78 is 28.2. The molecule has 0 aliphatic carbocycles. The molecular weight excluding hydrogens is 444 g/mol. The summed E-state index contributed by atoms with van der Waals surface area (Å²) in [5, 5.41) is 0. The molecule has 2 N–H and O–H groups in total. The third-order valence-corrected chi connectivity index (χ3v) is 5.67. The molecule has 0 saturated heterocycles. The van der Waals surface area contributed by atoms with Crippen molar-refractivity contribution in [1.29, 1.82) is 0 Å². The second-order valence-corrected chi connectivity index (χ2v) is 8.44. The second-order valence-electron chi connectivity index (χ2n) is 5.85. The summed E-state index contributed by atoms with van der Waals surface area (Å²) in [5.74, 6) is -0.472. The van der Waals surface area contributed by atoms with Crippen LogP contribution in [0, 0.1) is 0 Å². The van der Waals surface area contributed by atoms with Gasteiger partial charge in [-0.2, -0.15) is 0 Å². The van der Waals surface area contributed by atoms with Crippen LogP contribution >= 0.6 is 15.9 Å². The lowest BCUT2D eigenvalue weighted by Gasteiger charge is -2.10. The molecule has 3 aromatic carbocycles. The molecule has 0 aliphatic heterocycles. The highest BCUT2D eigenvalue weighted by molar-refractivity contribution is 9.10. The van der Waals surface area contributed by atoms with Gasteiger partial charge in [-0.3, -0.25) is 14.4 Å². The molecular formula is C20H17BrN2O4S. The van der Waals surface area contributed by atoms with Crippen molar-refractivity contribution in [2.45, 2.75) is 11.5 Å². The number of halogens is 1. The van der Waals surface area contributed by atoms with E-state index >= 15 is 0 Å². The van der Waals surface area contributed by atoms with Gasteiger partial charge in [0, 0.05) is 15.7 Å². The van der Waals surface area contributed by atoms with E-state index in [0.29, 0.717) is 0 Å². The topological polar surface area (TPSA) is 84.5 Å². The molecule has 0 fully saturated rings. The first kappa shape index (κ1) is 20.1. The summed E-state index contributed by atoms with van der Waals surface area (Å²) in [6.07, 6.45) is 0. The van der Waals surface area contributed by atoms with Crippen molar-refractivity contribution in [2.75, 3.05) is 4.72 Å². The van der Waals surface area contributed by atoms with Crippen LogP contribution in [0.4, 0.5) is 5.69 Å². The highest BCUT2D eigenvalue weighted by atomic mass is 79.9. The number of carbonyl (C=O) groups is 1. The number of carbonyl (C=O) groups excluding carboxylic acids is 1. The quantitative estimate of drug-likeness (QED) is 0.519. The van der Waals surface area contributed by atoms with E-state index < -0.39 is 15.9 Å². The molecule has 0 unspecified atom stereocenters. The largest absolute Gasteiger partial charge is 0.280 e. The minimum absolute atomic E-state index is 0.122. The number of anilines is 1. The van der Waals surface area contributed by atoms with Crippen molar-refractivity contribution < 1.29 is 18.0 Å². The molecule has 0 saturated carbocycles. The van der Waals surface area contributed by atoms with Crippen LogP contribution in [-0.4, -0.2) is 14.3 Å². The van der Waals surface area contributed by atoms with Crippen LogP contribution in [0.25, 0.3) is 0 Å². The molecule has 6 nitrogen and oxygen atoms in total. The summed E-state index contributed by atoms with van der Waals surface area (Å²) in [4.78, 5) is 17.6. The van der Waals surface area contributed by atoms with E-state index in [4.69, 9.17) is 4.84 Å². The van der Waals surface area contributed by atoms with Crippen molar-refractivity contribution in [1.82, 2.24) is 5.48 Å². The first-order chi connectivity index (χ1) is 13.4. The first-order valence-electron chi connectivity index (χ1n) is 8.28. The summed E-state index contributed by atoms with van der Waals surface area (Å²) in [7, 11) is -3.76. The Hall–Kier alpha value is -2.68. The van der Waals surface area contributed by atoms with Gasteiger partial charge in [-0.05, 0) is 48.0 Å². The van der Waals surface area contributed by atoms with E-state index in [9.17, 15) is 13.2 Å². The van der Waals surface area contributed by atoms with Crippen molar-refractivity contribution in [3.8, 4) is 0 Å². The standard InChI is InChI=1S/C20H17BrN2O4S/c21-17-9-11-19(12-10-17)28(25,26)23-18-8-4-7-16(13-18)20(24)22-27-14-15-5-2-1-3-6-15/h1-13,23H,14H2,(H,22,24). The van der Waals surface area contributed by atoms with Gasteiger partial charge in [0.05, 0.1) is 11.5 Å². The van der Waals surface area contributed by atoms with Crippen LogP contribution in [-0.2, 0) is 21.5 Å². The van der Waals surface area contributed by atoms with Crippen LogP contribution in [0.15, 0.2) is 88.2 Å². The summed E-state index contributed by atoms with van der Waals surface area (Å²) >= 11 is 3.27. The maximum absolute atomic E-state index is 12.5. The summed E-state index contributed by atoms with van der Waals surface area (Å²) in [6.45, 7) is 0.225. The van der Waals surface area contributed by atoms with Gasteiger partial charge >= 0.3 is 0 Å². The average molecular weight is 461 g/mol. The lowest BCUT2D eigenvalue weighted by Crippen LogP contribution is -2.23. The van der Waals surface area contributed by atoms with Gasteiger partial charge in [0.25, 0.3) is 15.9 Å². The van der Waals surface area contributed by atoms with Crippen LogP contribution in [0.3, 0.4) is 0 Å². The molecule has 0 atom stereocenters. The first-order valence-corrected chi connectivity index (χ1v) is 10.6. The Morgan fingerprint density at radius 1 is 0.929 bits per heavy atom. The fourth-order valence-electron chi connectivity index (χ4n) is 2.37. The van der Waals surface area contributed by atoms with Crippen LogP contribution < -0.4 is 10.2 Å². The molecule has 144 valence electrons. The molecule has 3 rings (SSSR count). The van der Waals surface area contributed by atoms with E-state index in [1.54, 1.807) is 30.3 Å². The zero-order valence-electron chi connectivity index (χ0n) is 14.6. The SMILES string of the molecule is O=C(NOCc1ccccc1)c1cccc(NS(=O)(=O)c2ccc(Br)cc2)c1. The molecule has 0 bridgehead atoms. The zero-order valence-corrected chi connectivity index (χ0v) is 17.0. The zero-order chi connectivity index (χ0) is 20.0. The minimum Gasteiger partial charge on any atom is -0.280 e. The maximum atomic E-state index is 12.5. The third kappa shape index (κ3) is 5.41. The van der Waals surface area contributed by atoms with E-state index in [1.807, 2.05) is 30.3 Å². The third-order valence-electron chi connectivity index (χ3n) is 3.75. The number of rotatable bonds is 7. The Bertz CT molecular complexity index is 1060. The number of nitrogens with one attached hydrogen (secondary N) is 2. The van der Waals surface area contributed by atoms with Crippen LogP contribution in [0.1, 0.15) is 15.9 Å². The van der Waals surface area contributed by atoms with Gasteiger partial charge in [0.2, 0.25) is 0 Å². The molecule has 0 heterocycles. The highest BCUT2D eigenvalue weighted by Crippen LogP contribution is 2.19. The Labute approximate surface area is 171 Å². The number of hydroxylamine groups is 1. The van der Waals surface area contributed by atoms with Crippen molar-refractivity contribution >= 4 is 37.5 Å². The lowest BCUT2D eigenvalue weighted by atomic mass is 10.2. The van der Waals surface area contributed by atoms with E-state index in [0.717, 1.165) is 10.0 Å². The number of hydrogen-bond donors (Lipinski definition) is 2. The number of hydrogen-bond acceptors (Lipinski definition) is 4. The number of benzene rings is 3. The summed E-state index contributed by atoms with van der Waals surface area (Å²) in [6, 6.07) is 21.8. The predicted octanol–water partition coefficient (Wildman–Crippen LogP) is 4.11. The van der Waals surface area contributed by atoms with Gasteiger partial charge in [-0.1, -0.05) is 52.3 Å². The lowest BCUT2D eigenvalue weighted by molar-refractivity contribution is 0.0233. The van der Waals surface area contributed by atoms with Crippen molar-refractivity contribution in [2.24, 2.45) is 0 Å². The maximum Gasteiger partial charge on any atom is 0.274 e. The molecule has 0 spiro atoms. The van der Waals surface area contributed by atoms with E-state index in [2.05, 4.69) is 26.1 Å². The molecule has 3 aromatic rings. The van der Waals surface area contributed by atoms with Gasteiger partial charge in [-0.15, -0.1) is 0 Å². The highest BCUT2D eigenvalue weighted by Gasteiger charge is 2.15. The Morgan fingerprint density at radius 2 is 1.64 bits per heavy atom. The Morgan fingerprint density at radius 3 is 2.36 bits per heavy atom. The van der Waals surface area contributed by atoms with E-state index in [-0.39, 0.29) is 22.8 Å². The van der Waals surface area contributed by atoms with Crippen molar-refractivity contribution in [3.05, 3.63) is 94.5 Å². The summed E-state index contributed by atoms with van der Waals surface area (Å²) in [5.41, 5.74) is 3.81. The molecule has 28 heavy (non-hydrogen) atoms.